The fourth-order valence-corrected chi connectivity index (χ4v) is 2.54. The Morgan fingerprint density at radius 1 is 1.27 bits per heavy atom. The van der Waals surface area contributed by atoms with E-state index in [9.17, 15) is 4.79 Å². The first kappa shape index (κ1) is 17.6. The first-order valence-electron chi connectivity index (χ1n) is 8.00. The third kappa shape index (κ3) is 3.55. The second kappa shape index (κ2) is 6.93. The van der Waals surface area contributed by atoms with Gasteiger partial charge in [-0.3, -0.25) is 15.1 Å². The summed E-state index contributed by atoms with van der Waals surface area (Å²) in [4.78, 5) is 18.4. The van der Waals surface area contributed by atoms with Crippen LogP contribution in [0.3, 0.4) is 0 Å². The van der Waals surface area contributed by atoms with E-state index in [-0.39, 0.29) is 5.96 Å². The molecule has 0 fully saturated rings. The Hall–Kier alpha value is -3.26. The second-order valence-corrected chi connectivity index (χ2v) is 6.21. The maximum Gasteiger partial charge on any atom is 0.290 e. The normalized spacial score (nSPS) is 11.1. The van der Waals surface area contributed by atoms with Crippen molar-refractivity contribution in [3.8, 4) is 11.7 Å². The van der Waals surface area contributed by atoms with Crippen LogP contribution in [0.15, 0.2) is 40.8 Å². The van der Waals surface area contributed by atoms with Gasteiger partial charge in [-0.25, -0.2) is 0 Å². The summed E-state index contributed by atoms with van der Waals surface area (Å²) in [7, 11) is 5.36. The van der Waals surface area contributed by atoms with Crippen LogP contribution in [0.4, 0.5) is 0 Å². The zero-order valence-corrected chi connectivity index (χ0v) is 14.9. The molecule has 0 aliphatic rings. The number of aromatic amines is 1. The van der Waals surface area contributed by atoms with Crippen molar-refractivity contribution >= 4 is 22.8 Å². The lowest BCUT2D eigenvalue weighted by molar-refractivity contribution is 0.0864. The highest BCUT2D eigenvalue weighted by Crippen LogP contribution is 2.31. The fourth-order valence-electron chi connectivity index (χ4n) is 2.54. The van der Waals surface area contributed by atoms with Gasteiger partial charge in [0.1, 0.15) is 11.5 Å². The third-order valence-corrected chi connectivity index (χ3v) is 3.83. The van der Waals surface area contributed by atoms with Crippen molar-refractivity contribution in [2.24, 2.45) is 5.73 Å². The van der Waals surface area contributed by atoms with E-state index >= 15 is 0 Å². The number of benzene rings is 1. The van der Waals surface area contributed by atoms with E-state index in [4.69, 9.17) is 20.3 Å². The van der Waals surface area contributed by atoms with Gasteiger partial charge in [0.25, 0.3) is 11.9 Å². The highest BCUT2D eigenvalue weighted by molar-refractivity contribution is 6.06. The number of rotatable bonds is 5. The number of carbonyl (C=O) groups is 1. The van der Waals surface area contributed by atoms with Crippen LogP contribution in [0, 0.1) is 5.41 Å². The van der Waals surface area contributed by atoms with Crippen molar-refractivity contribution < 1.29 is 13.9 Å². The summed E-state index contributed by atoms with van der Waals surface area (Å²) in [5.41, 5.74) is 6.36. The number of ether oxygens (including phenoxy) is 1. The first-order chi connectivity index (χ1) is 12.3. The number of H-pyrrole nitrogens is 1. The van der Waals surface area contributed by atoms with E-state index in [0.717, 1.165) is 16.0 Å². The van der Waals surface area contributed by atoms with Crippen molar-refractivity contribution in [2.45, 2.75) is 6.54 Å². The van der Waals surface area contributed by atoms with Crippen LogP contribution >= 0.6 is 0 Å². The molecule has 0 atom stereocenters. The van der Waals surface area contributed by atoms with Crippen molar-refractivity contribution in [3.63, 3.8) is 0 Å². The predicted octanol–water partition coefficient (Wildman–Crippen LogP) is 2.58. The number of nitrogens with two attached hydrogens (primary N) is 1. The van der Waals surface area contributed by atoms with Gasteiger partial charge in [0.05, 0.1) is 12.1 Å². The summed E-state index contributed by atoms with van der Waals surface area (Å²) in [6.45, 7) is 0.673. The van der Waals surface area contributed by atoms with E-state index in [0.29, 0.717) is 29.5 Å². The SMILES string of the molecule is CN(C)Cc1ccc(Oc2cccc3cc(C(=O)N(C)C(=N)N)[nH]c23)o1. The van der Waals surface area contributed by atoms with Gasteiger partial charge in [0.2, 0.25) is 0 Å². The Bertz CT molecular complexity index is 957. The maximum absolute atomic E-state index is 12.3. The van der Waals surface area contributed by atoms with E-state index in [1.165, 1.54) is 7.05 Å². The molecule has 8 nitrogen and oxygen atoms in total. The summed E-state index contributed by atoms with van der Waals surface area (Å²) in [5.74, 6) is 0.984. The predicted molar refractivity (Wildman–Crippen MR) is 98.5 cm³/mol. The number of aromatic nitrogens is 1. The number of furan rings is 1. The summed E-state index contributed by atoms with van der Waals surface area (Å²) >= 11 is 0. The standard InChI is InChI=1S/C18H21N5O3/c1-22(2)10-12-7-8-15(25-12)26-14-6-4-5-11-9-13(21-16(11)14)17(24)23(3)18(19)20/h4-9,21H,10H2,1-3H3,(H3,19,20). The lowest BCUT2D eigenvalue weighted by Crippen LogP contribution is -2.38. The molecule has 0 saturated heterocycles. The highest BCUT2D eigenvalue weighted by atomic mass is 16.6. The zero-order chi connectivity index (χ0) is 18.8. The molecule has 26 heavy (non-hydrogen) atoms. The van der Waals surface area contributed by atoms with Crippen molar-refractivity contribution in [1.82, 2.24) is 14.8 Å². The number of nitrogens with one attached hydrogen (secondary N) is 2. The molecule has 2 aromatic heterocycles. The van der Waals surface area contributed by atoms with Gasteiger partial charge in [-0.1, -0.05) is 12.1 Å². The Balaban J connectivity index is 1.88. The molecule has 0 aliphatic carbocycles. The molecule has 1 amide bonds. The summed E-state index contributed by atoms with van der Waals surface area (Å²) < 4.78 is 11.5. The van der Waals surface area contributed by atoms with E-state index in [1.807, 2.05) is 37.2 Å². The van der Waals surface area contributed by atoms with Crippen LogP contribution in [0.1, 0.15) is 16.2 Å². The summed E-state index contributed by atoms with van der Waals surface area (Å²) in [6.07, 6.45) is 0. The average molecular weight is 355 g/mol. The number of amides is 1. The molecule has 4 N–H and O–H groups in total. The maximum atomic E-state index is 12.3. The molecule has 8 heteroatoms. The number of hydrogen-bond acceptors (Lipinski definition) is 5. The Morgan fingerprint density at radius 2 is 2.04 bits per heavy atom. The number of nitrogens with zero attached hydrogens (tertiary/aromatic N) is 2. The lowest BCUT2D eigenvalue weighted by Gasteiger charge is -2.12. The molecular weight excluding hydrogens is 334 g/mol. The zero-order valence-electron chi connectivity index (χ0n) is 14.9. The van der Waals surface area contributed by atoms with Crippen LogP contribution in [0.2, 0.25) is 0 Å². The van der Waals surface area contributed by atoms with Gasteiger partial charge in [-0.15, -0.1) is 0 Å². The number of para-hydroxylation sites is 1. The molecule has 0 aliphatic heterocycles. The van der Waals surface area contributed by atoms with Crippen LogP contribution in [-0.4, -0.2) is 47.8 Å². The van der Waals surface area contributed by atoms with Gasteiger partial charge in [-0.05, 0) is 32.3 Å². The lowest BCUT2D eigenvalue weighted by atomic mass is 10.2. The van der Waals surface area contributed by atoms with Crippen molar-refractivity contribution in [3.05, 3.63) is 47.9 Å². The molecule has 2 heterocycles. The third-order valence-electron chi connectivity index (χ3n) is 3.83. The first-order valence-corrected chi connectivity index (χ1v) is 8.00. The Kier molecular flexibility index (Phi) is 4.68. The number of hydrogen-bond donors (Lipinski definition) is 3. The molecule has 0 radical (unpaired) electrons. The molecule has 3 rings (SSSR count). The summed E-state index contributed by atoms with van der Waals surface area (Å²) in [5, 5.41) is 8.19. The van der Waals surface area contributed by atoms with Gasteiger partial charge < -0.3 is 24.8 Å². The van der Waals surface area contributed by atoms with E-state index in [2.05, 4.69) is 4.98 Å². The molecule has 0 bridgehead atoms. The largest absolute Gasteiger partial charge is 0.429 e. The molecule has 0 unspecified atom stereocenters. The number of carbonyl (C=O) groups excluding carboxylic acids is 1. The monoisotopic (exact) mass is 355 g/mol. The number of guanidine groups is 1. The smallest absolute Gasteiger partial charge is 0.290 e. The Labute approximate surface area is 150 Å². The molecule has 3 aromatic rings. The van der Waals surface area contributed by atoms with E-state index < -0.39 is 5.91 Å². The highest BCUT2D eigenvalue weighted by Gasteiger charge is 2.18. The fraction of sp³-hybridized carbons (Fsp3) is 0.222. The van der Waals surface area contributed by atoms with Crippen LogP contribution in [0.5, 0.6) is 11.7 Å². The minimum absolute atomic E-state index is 0.321. The minimum atomic E-state index is -0.397. The van der Waals surface area contributed by atoms with Gasteiger partial charge in [-0.2, -0.15) is 0 Å². The van der Waals surface area contributed by atoms with Crippen molar-refractivity contribution in [1.29, 1.82) is 5.41 Å². The van der Waals surface area contributed by atoms with Crippen molar-refractivity contribution in [2.75, 3.05) is 21.1 Å². The molecule has 0 spiro atoms. The quantitative estimate of drug-likeness (QED) is 0.481. The topological polar surface area (TPSA) is 112 Å². The van der Waals surface area contributed by atoms with Crippen LogP contribution < -0.4 is 10.5 Å². The Morgan fingerprint density at radius 3 is 2.73 bits per heavy atom. The van der Waals surface area contributed by atoms with Crippen LogP contribution in [0.25, 0.3) is 10.9 Å². The van der Waals surface area contributed by atoms with Gasteiger partial charge in [0, 0.05) is 18.5 Å². The second-order valence-electron chi connectivity index (χ2n) is 6.21. The molecule has 136 valence electrons. The van der Waals surface area contributed by atoms with Gasteiger partial charge >= 0.3 is 0 Å². The van der Waals surface area contributed by atoms with Crippen LogP contribution in [-0.2, 0) is 6.54 Å². The number of fused-ring (bicyclic) bond motifs is 1. The molecule has 1 aromatic carbocycles. The molecular formula is C18H21N5O3. The summed E-state index contributed by atoms with van der Waals surface area (Å²) in [6, 6.07) is 10.8. The minimum Gasteiger partial charge on any atom is -0.429 e. The van der Waals surface area contributed by atoms with Gasteiger partial charge in [0.15, 0.2) is 11.7 Å². The average Bonchev–Trinajstić information content (AvgIpc) is 3.20. The molecule has 0 saturated carbocycles. The van der Waals surface area contributed by atoms with E-state index in [1.54, 1.807) is 18.2 Å².